The second-order valence-corrected chi connectivity index (χ2v) is 5.31. The third kappa shape index (κ3) is 4.07. The summed E-state index contributed by atoms with van der Waals surface area (Å²) in [5, 5.41) is 4.04. The molecule has 1 amide bonds. The predicted molar refractivity (Wildman–Crippen MR) is 92.8 cm³/mol. The quantitative estimate of drug-likeness (QED) is 0.561. The summed E-state index contributed by atoms with van der Waals surface area (Å²) in [5.74, 6) is -0.0654. The third-order valence-corrected chi connectivity index (χ3v) is 3.62. The summed E-state index contributed by atoms with van der Waals surface area (Å²) < 4.78 is 2.11. The van der Waals surface area contributed by atoms with Gasteiger partial charge in [0.25, 0.3) is 0 Å². The average molecular weight is 305 g/mol. The fourth-order valence-electron chi connectivity index (χ4n) is 2.46. The maximum Gasteiger partial charge on any atom is 0.244 e. The van der Waals surface area contributed by atoms with Crippen molar-refractivity contribution < 1.29 is 4.79 Å². The van der Waals surface area contributed by atoms with Crippen LogP contribution in [0.3, 0.4) is 0 Å². The van der Waals surface area contributed by atoms with Gasteiger partial charge in [-0.2, -0.15) is 0 Å². The van der Waals surface area contributed by atoms with E-state index in [0.29, 0.717) is 6.54 Å². The Labute approximate surface area is 135 Å². The van der Waals surface area contributed by atoms with Crippen LogP contribution in [0.5, 0.6) is 0 Å². The minimum absolute atomic E-state index is 0.0654. The van der Waals surface area contributed by atoms with Gasteiger partial charge in [-0.05, 0) is 36.3 Å². The molecule has 4 heteroatoms. The van der Waals surface area contributed by atoms with Crippen LogP contribution in [0.4, 0.5) is 0 Å². The second kappa shape index (κ2) is 7.40. The number of amides is 1. The number of nitrogens with one attached hydrogen (secondary N) is 1. The number of hydrogen-bond donors (Lipinski definition) is 1. The first kappa shape index (κ1) is 15.0. The Kier molecular flexibility index (Phi) is 4.84. The SMILES string of the molecule is O=C(C=Cc1ccccc1)NCCCn1ccc2cccnc21. The van der Waals surface area contributed by atoms with Gasteiger partial charge in [0.2, 0.25) is 5.91 Å². The van der Waals surface area contributed by atoms with E-state index in [1.807, 2.05) is 48.7 Å². The molecule has 0 aliphatic rings. The van der Waals surface area contributed by atoms with Gasteiger partial charge in [-0.15, -0.1) is 0 Å². The molecule has 0 atom stereocenters. The summed E-state index contributed by atoms with van der Waals surface area (Å²) >= 11 is 0. The zero-order chi connectivity index (χ0) is 15.9. The van der Waals surface area contributed by atoms with E-state index < -0.39 is 0 Å². The van der Waals surface area contributed by atoms with Gasteiger partial charge in [0.15, 0.2) is 0 Å². The van der Waals surface area contributed by atoms with Gasteiger partial charge in [-0.1, -0.05) is 30.3 Å². The molecule has 2 aromatic heterocycles. The molecule has 116 valence electrons. The van der Waals surface area contributed by atoms with Gasteiger partial charge < -0.3 is 9.88 Å². The molecule has 2 heterocycles. The van der Waals surface area contributed by atoms with Crippen molar-refractivity contribution in [2.45, 2.75) is 13.0 Å². The van der Waals surface area contributed by atoms with Gasteiger partial charge in [0.05, 0.1) is 0 Å². The summed E-state index contributed by atoms with van der Waals surface area (Å²) in [6.45, 7) is 1.48. The molecule has 0 spiro atoms. The molecule has 1 N–H and O–H groups in total. The van der Waals surface area contributed by atoms with Crippen LogP contribution in [0.15, 0.2) is 67.0 Å². The molecule has 4 nitrogen and oxygen atoms in total. The molecular weight excluding hydrogens is 286 g/mol. The molecule has 1 aromatic carbocycles. The number of fused-ring (bicyclic) bond motifs is 1. The van der Waals surface area contributed by atoms with Gasteiger partial charge in [-0.3, -0.25) is 4.79 Å². The summed E-state index contributed by atoms with van der Waals surface area (Å²) in [4.78, 5) is 16.2. The highest BCUT2D eigenvalue weighted by molar-refractivity contribution is 5.91. The fourth-order valence-corrected chi connectivity index (χ4v) is 2.46. The minimum atomic E-state index is -0.0654. The maximum atomic E-state index is 11.8. The number of hydrogen-bond acceptors (Lipinski definition) is 2. The van der Waals surface area contributed by atoms with Crippen molar-refractivity contribution in [1.82, 2.24) is 14.9 Å². The number of pyridine rings is 1. The third-order valence-electron chi connectivity index (χ3n) is 3.62. The fraction of sp³-hybridized carbons (Fsp3) is 0.158. The Morgan fingerprint density at radius 2 is 2.00 bits per heavy atom. The Hall–Kier alpha value is -2.88. The van der Waals surface area contributed by atoms with Gasteiger partial charge in [0, 0.05) is 36.9 Å². The van der Waals surface area contributed by atoms with Crippen molar-refractivity contribution in [1.29, 1.82) is 0 Å². The van der Waals surface area contributed by atoms with E-state index in [4.69, 9.17) is 0 Å². The highest BCUT2D eigenvalue weighted by Gasteiger charge is 2.01. The molecule has 0 unspecified atom stereocenters. The summed E-state index contributed by atoms with van der Waals surface area (Å²) in [6, 6.07) is 15.8. The lowest BCUT2D eigenvalue weighted by molar-refractivity contribution is -0.116. The van der Waals surface area contributed by atoms with Crippen molar-refractivity contribution >= 4 is 23.0 Å². The van der Waals surface area contributed by atoms with Crippen LogP contribution < -0.4 is 5.32 Å². The normalized spacial score (nSPS) is 11.1. The van der Waals surface area contributed by atoms with Crippen molar-refractivity contribution in [3.63, 3.8) is 0 Å². The highest BCUT2D eigenvalue weighted by atomic mass is 16.1. The zero-order valence-electron chi connectivity index (χ0n) is 12.9. The Balaban J connectivity index is 1.44. The lowest BCUT2D eigenvalue weighted by Crippen LogP contribution is -2.23. The number of aryl methyl sites for hydroxylation is 1. The second-order valence-electron chi connectivity index (χ2n) is 5.31. The average Bonchev–Trinajstić information content (AvgIpc) is 3.01. The van der Waals surface area contributed by atoms with E-state index in [0.717, 1.165) is 29.6 Å². The van der Waals surface area contributed by atoms with Gasteiger partial charge >= 0.3 is 0 Å². The molecule has 0 aliphatic carbocycles. The number of carbonyl (C=O) groups excluding carboxylic acids is 1. The minimum Gasteiger partial charge on any atom is -0.352 e. The zero-order valence-corrected chi connectivity index (χ0v) is 12.9. The molecular formula is C19H19N3O. The van der Waals surface area contributed by atoms with Crippen LogP contribution in [0.2, 0.25) is 0 Å². The molecule has 0 radical (unpaired) electrons. The van der Waals surface area contributed by atoms with Crippen molar-refractivity contribution in [2.24, 2.45) is 0 Å². The molecule has 0 fully saturated rings. The van der Waals surface area contributed by atoms with E-state index in [1.54, 1.807) is 12.3 Å². The van der Waals surface area contributed by atoms with Gasteiger partial charge in [0.1, 0.15) is 5.65 Å². The van der Waals surface area contributed by atoms with Crippen molar-refractivity contribution in [2.75, 3.05) is 6.54 Å². The van der Waals surface area contributed by atoms with Crippen molar-refractivity contribution in [3.8, 4) is 0 Å². The van der Waals surface area contributed by atoms with Crippen LogP contribution in [0.25, 0.3) is 17.1 Å². The first-order chi connectivity index (χ1) is 11.3. The van der Waals surface area contributed by atoms with E-state index in [2.05, 4.69) is 27.0 Å². The van der Waals surface area contributed by atoms with Crippen molar-refractivity contribution in [3.05, 3.63) is 72.6 Å². The highest BCUT2D eigenvalue weighted by Crippen LogP contribution is 2.12. The van der Waals surface area contributed by atoms with Crippen LogP contribution in [-0.2, 0) is 11.3 Å². The molecule has 0 bridgehead atoms. The van der Waals surface area contributed by atoms with Crippen LogP contribution in [-0.4, -0.2) is 22.0 Å². The molecule has 0 saturated carbocycles. The number of rotatable bonds is 6. The monoisotopic (exact) mass is 305 g/mol. The van der Waals surface area contributed by atoms with E-state index >= 15 is 0 Å². The molecule has 0 saturated heterocycles. The van der Waals surface area contributed by atoms with E-state index in [-0.39, 0.29) is 5.91 Å². The first-order valence-electron chi connectivity index (χ1n) is 7.74. The van der Waals surface area contributed by atoms with Crippen LogP contribution >= 0.6 is 0 Å². The Morgan fingerprint density at radius 1 is 1.13 bits per heavy atom. The molecule has 23 heavy (non-hydrogen) atoms. The van der Waals surface area contributed by atoms with E-state index in [9.17, 15) is 4.79 Å². The topological polar surface area (TPSA) is 46.9 Å². The summed E-state index contributed by atoms with van der Waals surface area (Å²) in [5.41, 5.74) is 2.01. The number of carbonyl (C=O) groups is 1. The molecule has 0 aliphatic heterocycles. The summed E-state index contributed by atoms with van der Waals surface area (Å²) in [6.07, 6.45) is 8.09. The summed E-state index contributed by atoms with van der Waals surface area (Å²) in [7, 11) is 0. The Morgan fingerprint density at radius 3 is 2.87 bits per heavy atom. The predicted octanol–water partition coefficient (Wildman–Crippen LogP) is 3.26. The van der Waals surface area contributed by atoms with Gasteiger partial charge in [-0.25, -0.2) is 4.98 Å². The maximum absolute atomic E-state index is 11.8. The lowest BCUT2D eigenvalue weighted by Gasteiger charge is -2.05. The molecule has 3 rings (SSSR count). The van der Waals surface area contributed by atoms with Crippen LogP contribution in [0.1, 0.15) is 12.0 Å². The smallest absolute Gasteiger partial charge is 0.244 e. The number of nitrogens with zero attached hydrogens (tertiary/aromatic N) is 2. The number of aromatic nitrogens is 2. The Bertz CT molecular complexity index is 806. The first-order valence-corrected chi connectivity index (χ1v) is 7.74. The largest absolute Gasteiger partial charge is 0.352 e. The lowest BCUT2D eigenvalue weighted by atomic mass is 10.2. The number of benzene rings is 1. The molecule has 3 aromatic rings. The van der Waals surface area contributed by atoms with Crippen LogP contribution in [0, 0.1) is 0 Å². The standard InChI is InChI=1S/C19H19N3O/c23-18(10-9-16-6-2-1-3-7-16)20-13-5-14-22-15-11-17-8-4-12-21-19(17)22/h1-4,6-12,15H,5,13-14H2,(H,20,23). The van der Waals surface area contributed by atoms with E-state index in [1.165, 1.54) is 0 Å².